The molecule has 1 N–H and O–H groups in total. The molecule has 1 heterocycles. The van der Waals surface area contributed by atoms with E-state index in [2.05, 4.69) is 31.2 Å². The molecule has 5 nitrogen and oxygen atoms in total. The molecule has 0 aliphatic rings. The molecule has 0 aromatic carbocycles. The van der Waals surface area contributed by atoms with Gasteiger partial charge in [0.05, 0.1) is 4.47 Å². The van der Waals surface area contributed by atoms with E-state index in [1.165, 1.54) is 6.20 Å². The van der Waals surface area contributed by atoms with E-state index in [9.17, 15) is 8.42 Å². The second kappa shape index (κ2) is 4.29. The van der Waals surface area contributed by atoms with Gasteiger partial charge in [-0.2, -0.15) is 0 Å². The highest BCUT2D eigenvalue weighted by Crippen LogP contribution is 2.20. The van der Waals surface area contributed by atoms with Gasteiger partial charge < -0.3 is 5.32 Å². The second-order valence-corrected chi connectivity index (χ2v) is 7.28. The average molecular weight is 308 g/mol. The number of nitrogens with zero attached hydrogens (tertiary/aromatic N) is 2. The monoisotopic (exact) mass is 307 g/mol. The third-order valence-electron chi connectivity index (χ3n) is 1.55. The van der Waals surface area contributed by atoms with Crippen molar-refractivity contribution in [1.29, 1.82) is 0 Å². The van der Waals surface area contributed by atoms with E-state index in [1.807, 2.05) is 20.8 Å². The average Bonchev–Trinajstić information content (AvgIpc) is 2.04. The molecule has 0 bridgehead atoms. The van der Waals surface area contributed by atoms with Crippen LogP contribution in [0.5, 0.6) is 0 Å². The lowest BCUT2D eigenvalue weighted by molar-refractivity contribution is 0.594. The van der Waals surface area contributed by atoms with Crippen LogP contribution in [0.1, 0.15) is 20.8 Å². The molecule has 1 rings (SSSR count). The standard InChI is InChI=1S/C9H14BrN3O2S/c1-9(2,3)13-8-11-5-6(10)7(12-8)16(4,14)15/h5H,1-4H3,(H,11,12,13). The highest BCUT2D eigenvalue weighted by atomic mass is 79.9. The van der Waals surface area contributed by atoms with Crippen molar-refractivity contribution in [1.82, 2.24) is 9.97 Å². The molecule has 0 saturated carbocycles. The molecular weight excluding hydrogens is 294 g/mol. The maximum atomic E-state index is 11.4. The highest BCUT2D eigenvalue weighted by Gasteiger charge is 2.17. The van der Waals surface area contributed by atoms with E-state index >= 15 is 0 Å². The van der Waals surface area contributed by atoms with Crippen molar-refractivity contribution in [2.24, 2.45) is 0 Å². The van der Waals surface area contributed by atoms with Crippen molar-refractivity contribution in [3.63, 3.8) is 0 Å². The minimum Gasteiger partial charge on any atom is -0.350 e. The summed E-state index contributed by atoms with van der Waals surface area (Å²) < 4.78 is 23.2. The topological polar surface area (TPSA) is 72.0 Å². The first-order valence-corrected chi connectivity index (χ1v) is 7.29. The zero-order chi connectivity index (χ0) is 12.6. The van der Waals surface area contributed by atoms with Crippen molar-refractivity contribution in [3.8, 4) is 0 Å². The van der Waals surface area contributed by atoms with Crippen LogP contribution in [0.4, 0.5) is 5.95 Å². The molecule has 7 heteroatoms. The normalized spacial score (nSPS) is 12.6. The van der Waals surface area contributed by atoms with Gasteiger partial charge in [0.1, 0.15) is 0 Å². The van der Waals surface area contributed by atoms with Crippen LogP contribution in [0.15, 0.2) is 15.7 Å². The predicted molar refractivity (Wildman–Crippen MR) is 66.2 cm³/mol. The van der Waals surface area contributed by atoms with Gasteiger partial charge in [0.15, 0.2) is 14.9 Å². The third-order valence-corrected chi connectivity index (χ3v) is 3.41. The van der Waals surface area contributed by atoms with Crippen LogP contribution in [0.25, 0.3) is 0 Å². The summed E-state index contributed by atoms with van der Waals surface area (Å²) in [5.41, 5.74) is -0.220. The number of hydrogen-bond donors (Lipinski definition) is 1. The van der Waals surface area contributed by atoms with Crippen LogP contribution < -0.4 is 5.32 Å². The van der Waals surface area contributed by atoms with E-state index < -0.39 is 9.84 Å². The molecule has 0 atom stereocenters. The van der Waals surface area contributed by atoms with E-state index in [1.54, 1.807) is 0 Å². The van der Waals surface area contributed by atoms with Crippen molar-refractivity contribution in [2.45, 2.75) is 31.3 Å². The molecule has 16 heavy (non-hydrogen) atoms. The van der Waals surface area contributed by atoms with Gasteiger partial charge in [-0.05, 0) is 36.7 Å². The number of aromatic nitrogens is 2. The van der Waals surface area contributed by atoms with Crippen LogP contribution in [0.2, 0.25) is 0 Å². The van der Waals surface area contributed by atoms with Gasteiger partial charge >= 0.3 is 0 Å². The molecule has 0 unspecified atom stereocenters. The van der Waals surface area contributed by atoms with Gasteiger partial charge in [0.2, 0.25) is 5.95 Å². The Morgan fingerprint density at radius 2 is 1.94 bits per heavy atom. The van der Waals surface area contributed by atoms with Gasteiger partial charge in [-0.1, -0.05) is 0 Å². The van der Waals surface area contributed by atoms with Gasteiger partial charge in [-0.15, -0.1) is 0 Å². The Balaban J connectivity index is 3.19. The molecule has 0 spiro atoms. The van der Waals surface area contributed by atoms with Crippen LogP contribution in [0.3, 0.4) is 0 Å². The summed E-state index contributed by atoms with van der Waals surface area (Å²) in [6, 6.07) is 0. The molecule has 0 fully saturated rings. The number of hydrogen-bond acceptors (Lipinski definition) is 5. The molecule has 0 radical (unpaired) electrons. The van der Waals surface area contributed by atoms with E-state index in [0.29, 0.717) is 10.4 Å². The minimum atomic E-state index is -3.35. The first kappa shape index (κ1) is 13.4. The highest BCUT2D eigenvalue weighted by molar-refractivity contribution is 9.10. The van der Waals surface area contributed by atoms with Crippen molar-refractivity contribution in [2.75, 3.05) is 11.6 Å². The Morgan fingerprint density at radius 3 is 2.38 bits per heavy atom. The summed E-state index contributed by atoms with van der Waals surface area (Å²) in [6.07, 6.45) is 2.54. The van der Waals surface area contributed by atoms with Gasteiger partial charge in [0, 0.05) is 18.0 Å². The van der Waals surface area contributed by atoms with E-state index in [-0.39, 0.29) is 10.6 Å². The quantitative estimate of drug-likeness (QED) is 0.844. The lowest BCUT2D eigenvalue weighted by Crippen LogP contribution is -2.27. The molecule has 0 saturated heterocycles. The summed E-state index contributed by atoms with van der Waals surface area (Å²) in [5, 5.41) is 3.01. The maximum Gasteiger partial charge on any atom is 0.224 e. The molecular formula is C9H14BrN3O2S. The first-order valence-electron chi connectivity index (χ1n) is 4.60. The molecule has 1 aromatic heterocycles. The maximum absolute atomic E-state index is 11.4. The van der Waals surface area contributed by atoms with Crippen LogP contribution >= 0.6 is 15.9 Å². The van der Waals surface area contributed by atoms with Gasteiger partial charge in [-0.3, -0.25) is 0 Å². The van der Waals surface area contributed by atoms with Crippen molar-refractivity contribution in [3.05, 3.63) is 10.7 Å². The Kier molecular flexibility index (Phi) is 3.59. The predicted octanol–water partition coefficient (Wildman–Crippen LogP) is 1.85. The Labute approximate surface area is 104 Å². The van der Waals surface area contributed by atoms with E-state index in [4.69, 9.17) is 0 Å². The van der Waals surface area contributed by atoms with Crippen molar-refractivity contribution < 1.29 is 8.42 Å². The molecule has 0 amide bonds. The Bertz CT molecular complexity index is 494. The number of nitrogens with one attached hydrogen (secondary N) is 1. The minimum absolute atomic E-state index is 0.00532. The second-order valence-electron chi connectivity index (χ2n) is 4.49. The summed E-state index contributed by atoms with van der Waals surface area (Å²) in [6.45, 7) is 5.83. The molecule has 0 aliphatic heterocycles. The molecule has 1 aromatic rings. The fourth-order valence-electron chi connectivity index (χ4n) is 1.01. The fourth-order valence-corrected chi connectivity index (χ4v) is 2.74. The Hall–Kier alpha value is -0.690. The number of sulfone groups is 1. The largest absolute Gasteiger partial charge is 0.350 e. The van der Waals surface area contributed by atoms with Crippen LogP contribution in [0, 0.1) is 0 Å². The van der Waals surface area contributed by atoms with Gasteiger partial charge in [-0.25, -0.2) is 18.4 Å². The number of rotatable bonds is 2. The molecule has 0 aliphatic carbocycles. The van der Waals surface area contributed by atoms with Crippen LogP contribution in [-0.4, -0.2) is 30.2 Å². The SMILES string of the molecule is CC(C)(C)Nc1ncc(Br)c(S(C)(=O)=O)n1. The van der Waals surface area contributed by atoms with Crippen molar-refractivity contribution >= 4 is 31.7 Å². The zero-order valence-electron chi connectivity index (χ0n) is 9.57. The van der Waals surface area contributed by atoms with E-state index in [0.717, 1.165) is 6.26 Å². The first-order chi connectivity index (χ1) is 7.09. The molecule has 90 valence electrons. The van der Waals surface area contributed by atoms with Gasteiger partial charge in [0.25, 0.3) is 0 Å². The Morgan fingerprint density at radius 1 is 1.38 bits per heavy atom. The number of anilines is 1. The van der Waals surface area contributed by atoms with Crippen LogP contribution in [-0.2, 0) is 9.84 Å². The summed E-state index contributed by atoms with van der Waals surface area (Å²) >= 11 is 3.11. The number of halogens is 1. The third kappa shape index (κ3) is 3.71. The smallest absolute Gasteiger partial charge is 0.224 e. The zero-order valence-corrected chi connectivity index (χ0v) is 12.0. The summed E-state index contributed by atoms with van der Waals surface area (Å²) in [7, 11) is -3.35. The fraction of sp³-hybridized carbons (Fsp3) is 0.556. The lowest BCUT2D eigenvalue weighted by atomic mass is 10.1. The summed E-state index contributed by atoms with van der Waals surface area (Å²) in [4.78, 5) is 7.98. The summed E-state index contributed by atoms with van der Waals surface area (Å²) in [5.74, 6) is 0.302. The lowest BCUT2D eigenvalue weighted by Gasteiger charge is -2.20.